The Hall–Kier alpha value is -6.62. The van der Waals surface area contributed by atoms with Crippen LogP contribution in [0.2, 0.25) is 0 Å². The van der Waals surface area contributed by atoms with Crippen molar-refractivity contribution in [3.63, 3.8) is 0 Å². The predicted molar refractivity (Wildman–Crippen MR) is 259 cm³/mol. The molecule has 0 radical (unpaired) electrons. The molecule has 0 atom stereocenters. The predicted octanol–water partition coefficient (Wildman–Crippen LogP) is 14.2. The monoisotopic (exact) mass is 774 g/mol. The molecule has 0 bridgehead atoms. The molecule has 4 heteroatoms. The van der Waals surface area contributed by atoms with E-state index in [1.807, 2.05) is 11.3 Å². The molecule has 0 unspecified atom stereocenters. The van der Waals surface area contributed by atoms with Crippen molar-refractivity contribution in [1.29, 1.82) is 0 Å². The summed E-state index contributed by atoms with van der Waals surface area (Å²) in [5.74, 6) is 0. The van der Waals surface area contributed by atoms with Crippen LogP contribution in [-0.4, -0.2) is 7.28 Å². The number of nitrogens with zero attached hydrogens (tertiary/aromatic N) is 1. The van der Waals surface area contributed by atoms with Gasteiger partial charge in [0.2, 0.25) is 0 Å². The number of nitrogens with one attached hydrogen (secondary N) is 1. The lowest BCUT2D eigenvalue weighted by Crippen LogP contribution is -2.41. The number of rotatable bonds is 5. The number of benzene rings is 9. The Morgan fingerprint density at radius 3 is 1.97 bits per heavy atom. The van der Waals surface area contributed by atoms with Gasteiger partial charge in [0.05, 0.1) is 0 Å². The van der Waals surface area contributed by atoms with Crippen LogP contribution in [-0.2, 0) is 5.41 Å². The van der Waals surface area contributed by atoms with E-state index in [0.29, 0.717) is 0 Å². The molecule has 0 saturated carbocycles. The zero-order chi connectivity index (χ0) is 39.8. The molecule has 0 amide bonds. The van der Waals surface area contributed by atoms with Crippen molar-refractivity contribution in [2.24, 2.45) is 0 Å². The molecule has 2 heterocycles. The Morgan fingerprint density at radius 2 is 1.20 bits per heavy atom. The molecule has 0 fully saturated rings. The van der Waals surface area contributed by atoms with E-state index < -0.39 is 0 Å². The third-order valence-corrected chi connectivity index (χ3v) is 13.4. The van der Waals surface area contributed by atoms with Crippen LogP contribution in [0.15, 0.2) is 176 Å². The van der Waals surface area contributed by atoms with Gasteiger partial charge in [-0.15, -0.1) is 11.3 Å². The highest BCUT2D eigenvalue weighted by atomic mass is 32.1. The van der Waals surface area contributed by atoms with Gasteiger partial charge in [-0.05, 0) is 122 Å². The van der Waals surface area contributed by atoms with E-state index in [4.69, 9.17) is 0 Å². The summed E-state index contributed by atoms with van der Waals surface area (Å²) in [7, 11) is 0.815. The number of aryl methyl sites for hydroxylation is 1. The topological polar surface area (TPSA) is 15.3 Å². The minimum Gasteiger partial charge on any atom is -0.355 e. The van der Waals surface area contributed by atoms with E-state index in [0.717, 1.165) is 18.7 Å². The van der Waals surface area contributed by atoms with Gasteiger partial charge in [0.15, 0.2) is 7.28 Å². The van der Waals surface area contributed by atoms with Crippen LogP contribution in [0, 0.1) is 6.92 Å². The molecule has 0 aliphatic carbocycles. The molecule has 0 saturated heterocycles. The second-order valence-corrected chi connectivity index (χ2v) is 18.2. The number of thiophene rings is 1. The van der Waals surface area contributed by atoms with Crippen LogP contribution in [0.4, 0.5) is 28.4 Å². The highest BCUT2D eigenvalue weighted by Gasteiger charge is 2.32. The largest absolute Gasteiger partial charge is 0.355 e. The molecule has 1 aliphatic rings. The van der Waals surface area contributed by atoms with Crippen LogP contribution < -0.4 is 21.1 Å². The lowest BCUT2D eigenvalue weighted by molar-refractivity contribution is 0.590. The number of anilines is 5. The van der Waals surface area contributed by atoms with E-state index in [2.05, 4.69) is 214 Å². The van der Waals surface area contributed by atoms with Crippen molar-refractivity contribution in [2.75, 3.05) is 10.2 Å². The van der Waals surface area contributed by atoms with Crippen molar-refractivity contribution in [3.05, 3.63) is 187 Å². The molecule has 59 heavy (non-hydrogen) atoms. The van der Waals surface area contributed by atoms with Gasteiger partial charge < -0.3 is 10.2 Å². The van der Waals surface area contributed by atoms with E-state index in [1.54, 1.807) is 0 Å². The average Bonchev–Trinajstić information content (AvgIpc) is 3.62. The minimum absolute atomic E-state index is 0.0834. The second kappa shape index (κ2) is 13.8. The van der Waals surface area contributed by atoms with Gasteiger partial charge in [-0.2, -0.15) is 0 Å². The molecule has 1 aliphatic heterocycles. The molecule has 0 spiro atoms. The zero-order valence-corrected chi connectivity index (χ0v) is 34.6. The molecule has 2 nitrogen and oxygen atoms in total. The van der Waals surface area contributed by atoms with Crippen LogP contribution in [0.25, 0.3) is 64.0 Å². The molecule has 11 rings (SSSR count). The van der Waals surface area contributed by atoms with Crippen LogP contribution >= 0.6 is 11.3 Å². The van der Waals surface area contributed by atoms with E-state index in [1.165, 1.54) is 103 Å². The molecule has 10 aromatic rings. The Balaban J connectivity index is 1.18. The molecule has 1 aromatic heterocycles. The zero-order valence-electron chi connectivity index (χ0n) is 33.8. The Labute approximate surface area is 350 Å². The van der Waals surface area contributed by atoms with Gasteiger partial charge >= 0.3 is 0 Å². The highest BCUT2D eigenvalue weighted by molar-refractivity contribution is 7.25. The van der Waals surface area contributed by atoms with Gasteiger partial charge in [-0.3, -0.25) is 0 Å². The van der Waals surface area contributed by atoms with Crippen molar-refractivity contribution in [1.82, 2.24) is 0 Å². The summed E-state index contributed by atoms with van der Waals surface area (Å²) in [6.45, 7) is 9.08. The molecular weight excluding hydrogens is 731 g/mol. The van der Waals surface area contributed by atoms with Crippen molar-refractivity contribution in [3.8, 4) is 22.3 Å². The Kier molecular flexibility index (Phi) is 8.29. The normalized spacial score (nSPS) is 12.5. The first-order valence-electron chi connectivity index (χ1n) is 20.6. The van der Waals surface area contributed by atoms with Gasteiger partial charge in [0.25, 0.3) is 0 Å². The summed E-state index contributed by atoms with van der Waals surface area (Å²) >= 11 is 1.89. The highest BCUT2D eigenvalue weighted by Crippen LogP contribution is 2.47. The standard InChI is InChI=1S/C55H43BN2S/c1-34-28-38(35-14-6-5-7-15-35)22-27-49(34)58-50-33-52-45(43-20-12-13-21-51(43)59-52)32-47(50)56-53-46(30-39-18-10-11-19-42(39)54(53)58)44-29-36-16-8-9-17-37(36)31-48(44)57-41-25-23-40(24-26-41)55(2,3)4/h5-33,56-57H,1-4H3. The van der Waals surface area contributed by atoms with E-state index >= 15 is 0 Å². The summed E-state index contributed by atoms with van der Waals surface area (Å²) in [6, 6.07) is 65.4. The van der Waals surface area contributed by atoms with Gasteiger partial charge in [0, 0.05) is 54.2 Å². The quantitative estimate of drug-likeness (QED) is 0.175. The van der Waals surface area contributed by atoms with Gasteiger partial charge in [-0.1, -0.05) is 148 Å². The molecule has 282 valence electrons. The molecule has 1 N–H and O–H groups in total. The fourth-order valence-corrected chi connectivity index (χ4v) is 10.4. The van der Waals surface area contributed by atoms with Crippen molar-refractivity contribution < 1.29 is 0 Å². The first-order valence-corrected chi connectivity index (χ1v) is 21.4. The maximum absolute atomic E-state index is 3.92. The van der Waals surface area contributed by atoms with Crippen LogP contribution in [0.3, 0.4) is 0 Å². The Bertz CT molecular complexity index is 3270. The summed E-state index contributed by atoms with van der Waals surface area (Å²) in [6.07, 6.45) is 0. The van der Waals surface area contributed by atoms with E-state index in [-0.39, 0.29) is 5.41 Å². The summed E-state index contributed by atoms with van der Waals surface area (Å²) in [5, 5.41) is 11.5. The number of hydrogen-bond acceptors (Lipinski definition) is 3. The van der Waals surface area contributed by atoms with Crippen LogP contribution in [0.5, 0.6) is 0 Å². The lowest BCUT2D eigenvalue weighted by Gasteiger charge is -2.37. The molecular formula is C55H43BN2S. The fourth-order valence-electron chi connectivity index (χ4n) is 9.25. The maximum Gasteiger partial charge on any atom is 0.198 e. The van der Waals surface area contributed by atoms with Crippen molar-refractivity contribution >= 4 is 99.7 Å². The first kappa shape index (κ1) is 35.5. The molecule has 9 aromatic carbocycles. The SMILES string of the molecule is Cc1cc(-c2ccccc2)ccc1N1c2cc3sc4ccccc4c3cc2Bc2c(-c3cc4ccccc4cc3Nc3ccc(C(C)(C)C)cc3)cc3ccccc3c21. The van der Waals surface area contributed by atoms with Gasteiger partial charge in [-0.25, -0.2) is 0 Å². The number of hydrogen-bond donors (Lipinski definition) is 1. The van der Waals surface area contributed by atoms with Gasteiger partial charge in [0.1, 0.15) is 0 Å². The summed E-state index contributed by atoms with van der Waals surface area (Å²) < 4.78 is 2.64. The van der Waals surface area contributed by atoms with E-state index in [9.17, 15) is 0 Å². The smallest absolute Gasteiger partial charge is 0.198 e. The second-order valence-electron chi connectivity index (χ2n) is 17.1. The fraction of sp³-hybridized carbons (Fsp3) is 0.0909. The van der Waals surface area contributed by atoms with Crippen molar-refractivity contribution in [2.45, 2.75) is 33.1 Å². The van der Waals surface area contributed by atoms with Crippen LogP contribution in [0.1, 0.15) is 31.9 Å². The third-order valence-electron chi connectivity index (χ3n) is 12.3. The minimum atomic E-state index is 0.0834. The Morgan fingerprint density at radius 1 is 0.525 bits per heavy atom. The number of fused-ring (bicyclic) bond motifs is 8. The first-order chi connectivity index (χ1) is 28.8. The lowest BCUT2D eigenvalue weighted by atomic mass is 9.57. The summed E-state index contributed by atoms with van der Waals surface area (Å²) in [5.41, 5.74) is 16.1. The summed E-state index contributed by atoms with van der Waals surface area (Å²) in [4.78, 5) is 2.59. The maximum atomic E-state index is 3.92. The average molecular weight is 775 g/mol. The third kappa shape index (κ3) is 6.10.